The first-order chi connectivity index (χ1) is 11.1. The van der Waals surface area contributed by atoms with E-state index in [1.807, 2.05) is 12.3 Å². The summed E-state index contributed by atoms with van der Waals surface area (Å²) < 4.78 is 13.6. The quantitative estimate of drug-likeness (QED) is 0.915. The van der Waals surface area contributed by atoms with Gasteiger partial charge in [0.1, 0.15) is 5.82 Å². The van der Waals surface area contributed by atoms with E-state index in [1.54, 1.807) is 12.1 Å². The molecule has 2 fully saturated rings. The maximum Gasteiger partial charge on any atom is 0.303 e. The average molecular weight is 313 g/mol. The second kappa shape index (κ2) is 5.59. The number of carbonyl (C=O) groups is 1. The summed E-state index contributed by atoms with van der Waals surface area (Å²) in [6, 6.07) is 6.83. The van der Waals surface area contributed by atoms with Crippen molar-refractivity contribution in [3.05, 3.63) is 41.8 Å². The van der Waals surface area contributed by atoms with Gasteiger partial charge in [0.2, 0.25) is 0 Å². The van der Waals surface area contributed by atoms with Crippen LogP contribution in [0.25, 0.3) is 10.9 Å². The van der Waals surface area contributed by atoms with Gasteiger partial charge < -0.3 is 5.11 Å². The summed E-state index contributed by atoms with van der Waals surface area (Å²) >= 11 is 0. The highest BCUT2D eigenvalue weighted by molar-refractivity contribution is 5.82. The van der Waals surface area contributed by atoms with E-state index >= 15 is 0 Å². The number of aromatic nitrogens is 1. The molecule has 2 aromatic rings. The van der Waals surface area contributed by atoms with E-state index in [1.165, 1.54) is 11.6 Å². The highest BCUT2D eigenvalue weighted by Crippen LogP contribution is 2.53. The Morgan fingerprint density at radius 2 is 1.91 bits per heavy atom. The van der Waals surface area contributed by atoms with Gasteiger partial charge in [-0.1, -0.05) is 0 Å². The van der Waals surface area contributed by atoms with Crippen LogP contribution in [0.1, 0.15) is 43.6 Å². The zero-order valence-corrected chi connectivity index (χ0v) is 12.9. The molecule has 1 heterocycles. The Morgan fingerprint density at radius 3 is 2.61 bits per heavy atom. The number of carboxylic acids is 1. The molecule has 2 aliphatic rings. The molecule has 0 spiro atoms. The van der Waals surface area contributed by atoms with Crippen molar-refractivity contribution in [2.45, 2.75) is 38.0 Å². The van der Waals surface area contributed by atoms with E-state index < -0.39 is 5.97 Å². The lowest BCUT2D eigenvalue weighted by molar-refractivity contribution is -0.138. The molecule has 0 saturated heterocycles. The number of hydrogen-bond acceptors (Lipinski definition) is 2. The number of aliphatic carboxylic acids is 1. The van der Waals surface area contributed by atoms with Crippen molar-refractivity contribution < 1.29 is 14.3 Å². The number of benzene rings is 1. The fraction of sp³-hybridized carbons (Fsp3) is 0.474. The third-order valence-electron chi connectivity index (χ3n) is 5.75. The minimum absolute atomic E-state index is 0.216. The summed E-state index contributed by atoms with van der Waals surface area (Å²) in [4.78, 5) is 15.2. The molecule has 1 N–H and O–H groups in total. The van der Waals surface area contributed by atoms with Crippen molar-refractivity contribution in [3.63, 3.8) is 0 Å². The van der Waals surface area contributed by atoms with E-state index in [4.69, 9.17) is 5.11 Å². The van der Waals surface area contributed by atoms with Crippen molar-refractivity contribution in [2.24, 2.45) is 17.8 Å². The molecule has 120 valence electrons. The Hall–Kier alpha value is -1.97. The Balaban J connectivity index is 1.56. The van der Waals surface area contributed by atoms with E-state index in [2.05, 4.69) is 4.98 Å². The minimum Gasteiger partial charge on any atom is -0.481 e. The molecule has 4 rings (SSSR count). The van der Waals surface area contributed by atoms with Gasteiger partial charge in [-0.05, 0) is 79.2 Å². The van der Waals surface area contributed by atoms with Crippen molar-refractivity contribution in [2.75, 3.05) is 0 Å². The fourth-order valence-electron chi connectivity index (χ4n) is 4.91. The first kappa shape index (κ1) is 14.6. The van der Waals surface area contributed by atoms with Crippen molar-refractivity contribution >= 4 is 16.9 Å². The number of rotatable bonds is 3. The summed E-state index contributed by atoms with van der Waals surface area (Å²) in [7, 11) is 0. The fourth-order valence-corrected chi connectivity index (χ4v) is 4.91. The van der Waals surface area contributed by atoms with Crippen LogP contribution in [0.2, 0.25) is 0 Å². The topological polar surface area (TPSA) is 50.2 Å². The first-order valence-corrected chi connectivity index (χ1v) is 8.36. The Labute approximate surface area is 134 Å². The van der Waals surface area contributed by atoms with Gasteiger partial charge in [0.25, 0.3) is 0 Å². The van der Waals surface area contributed by atoms with Crippen molar-refractivity contribution in [1.82, 2.24) is 4.98 Å². The maximum atomic E-state index is 13.6. The van der Waals surface area contributed by atoms with Crippen molar-refractivity contribution in [3.8, 4) is 0 Å². The van der Waals surface area contributed by atoms with Crippen LogP contribution >= 0.6 is 0 Å². The zero-order chi connectivity index (χ0) is 16.0. The molecule has 23 heavy (non-hydrogen) atoms. The lowest BCUT2D eigenvalue weighted by Crippen LogP contribution is -2.06. The lowest BCUT2D eigenvalue weighted by atomic mass is 9.90. The minimum atomic E-state index is -0.679. The summed E-state index contributed by atoms with van der Waals surface area (Å²) in [5.74, 6) is 1.15. The van der Waals surface area contributed by atoms with Crippen LogP contribution in [0.4, 0.5) is 4.39 Å². The van der Waals surface area contributed by atoms with E-state index in [-0.39, 0.29) is 5.82 Å². The van der Waals surface area contributed by atoms with Crippen LogP contribution in [0.15, 0.2) is 30.5 Å². The molecule has 1 aromatic heterocycles. The number of carboxylic acid groups (broad SMARTS) is 1. The summed E-state index contributed by atoms with van der Waals surface area (Å²) in [6.07, 6.45) is 6.38. The van der Waals surface area contributed by atoms with Gasteiger partial charge in [0.05, 0.1) is 5.52 Å². The van der Waals surface area contributed by atoms with Crippen LogP contribution < -0.4 is 0 Å². The average Bonchev–Trinajstić information content (AvgIpc) is 3.04. The molecule has 3 nitrogen and oxygen atoms in total. The van der Waals surface area contributed by atoms with Gasteiger partial charge in [0, 0.05) is 18.0 Å². The van der Waals surface area contributed by atoms with Crippen LogP contribution in [0.3, 0.4) is 0 Å². The molecule has 2 aliphatic carbocycles. The molecule has 0 aliphatic heterocycles. The molecule has 4 heteroatoms. The second-order valence-electron chi connectivity index (χ2n) is 7.19. The highest BCUT2D eigenvalue weighted by atomic mass is 19.1. The molecule has 4 atom stereocenters. The van der Waals surface area contributed by atoms with Crippen LogP contribution in [0, 0.1) is 23.6 Å². The van der Waals surface area contributed by atoms with E-state index in [9.17, 15) is 9.18 Å². The molecule has 0 unspecified atom stereocenters. The van der Waals surface area contributed by atoms with Gasteiger partial charge in [0.15, 0.2) is 0 Å². The van der Waals surface area contributed by atoms with Gasteiger partial charge in [-0.25, -0.2) is 4.39 Å². The van der Waals surface area contributed by atoms with Gasteiger partial charge in [-0.2, -0.15) is 0 Å². The van der Waals surface area contributed by atoms with Gasteiger partial charge >= 0.3 is 5.97 Å². The smallest absolute Gasteiger partial charge is 0.303 e. The largest absolute Gasteiger partial charge is 0.481 e. The first-order valence-electron chi connectivity index (χ1n) is 8.36. The lowest BCUT2D eigenvalue weighted by Gasteiger charge is -2.16. The molecular weight excluding hydrogens is 293 g/mol. The molecule has 1 aromatic carbocycles. The van der Waals surface area contributed by atoms with Crippen LogP contribution in [-0.4, -0.2) is 16.1 Å². The maximum absolute atomic E-state index is 13.6. The second-order valence-corrected chi connectivity index (χ2v) is 7.19. The van der Waals surface area contributed by atoms with Gasteiger partial charge in [-0.3, -0.25) is 9.78 Å². The molecule has 2 saturated carbocycles. The Kier molecular flexibility index (Phi) is 3.55. The Morgan fingerprint density at radius 1 is 1.17 bits per heavy atom. The van der Waals surface area contributed by atoms with Gasteiger partial charge in [-0.15, -0.1) is 0 Å². The number of halogens is 1. The molecule has 0 radical (unpaired) electrons. The third-order valence-corrected chi connectivity index (χ3v) is 5.75. The molecular formula is C19H20FNO2. The number of hydrogen-bond donors (Lipinski definition) is 1. The zero-order valence-electron chi connectivity index (χ0n) is 12.9. The van der Waals surface area contributed by atoms with Crippen LogP contribution in [-0.2, 0) is 4.79 Å². The monoisotopic (exact) mass is 313 g/mol. The number of nitrogens with zero attached hydrogens (tertiary/aromatic N) is 1. The number of fused-ring (bicyclic) bond motifs is 2. The summed E-state index contributed by atoms with van der Waals surface area (Å²) in [5, 5.41) is 9.90. The van der Waals surface area contributed by atoms with E-state index in [0.717, 1.165) is 36.6 Å². The van der Waals surface area contributed by atoms with E-state index in [0.29, 0.717) is 30.1 Å². The normalized spacial score (nSPS) is 29.8. The predicted molar refractivity (Wildman–Crippen MR) is 85.6 cm³/mol. The molecule has 0 bridgehead atoms. The summed E-state index contributed by atoms with van der Waals surface area (Å²) in [6.45, 7) is 0. The predicted octanol–water partition coefficient (Wildman–Crippen LogP) is 4.37. The standard InChI is InChI=1S/C19H20FNO2/c20-15-1-2-18-17(10-15)16(3-4-21-18)14-8-12-5-11(7-19(22)23)6-13(12)9-14/h1-4,10-14H,5-9H2,(H,22,23)/t11-,12+,13-,14-. The summed E-state index contributed by atoms with van der Waals surface area (Å²) in [5.41, 5.74) is 2.06. The number of pyridine rings is 1. The Bertz CT molecular complexity index is 746. The van der Waals surface area contributed by atoms with Crippen molar-refractivity contribution in [1.29, 1.82) is 0 Å². The van der Waals surface area contributed by atoms with Crippen LogP contribution in [0.5, 0.6) is 0 Å². The highest BCUT2D eigenvalue weighted by Gasteiger charge is 2.42. The SMILES string of the molecule is O=C(O)C[C@H]1C[C@@H]2C[C@H](c3ccnc4ccc(F)cc34)C[C@@H]2C1. The third kappa shape index (κ3) is 2.71. The molecule has 0 amide bonds.